The minimum Gasteiger partial charge on any atom is -0.507 e. The SMILES string of the molecule is CC(=O)Nc1c(F)cc(-c2cccc(/C3=C/C(N4CCNCC4)=C/CCCO3)c2O)cc1OC1CCC1. The van der Waals surface area contributed by atoms with E-state index in [0.717, 1.165) is 64.0 Å². The Bertz CT molecular complexity index is 1220. The molecule has 1 saturated carbocycles. The lowest BCUT2D eigenvalue weighted by atomic mass is 9.95. The van der Waals surface area contributed by atoms with Crippen molar-refractivity contribution < 1.29 is 23.8 Å². The summed E-state index contributed by atoms with van der Waals surface area (Å²) in [4.78, 5) is 14.0. The van der Waals surface area contributed by atoms with Gasteiger partial charge in [0.25, 0.3) is 0 Å². The van der Waals surface area contributed by atoms with Crippen LogP contribution in [0, 0.1) is 5.82 Å². The summed E-state index contributed by atoms with van der Waals surface area (Å²) in [6.07, 6.45) is 8.87. The van der Waals surface area contributed by atoms with Crippen LogP contribution in [0.25, 0.3) is 16.9 Å². The molecular weight excluding hydrogens is 473 g/mol. The van der Waals surface area contributed by atoms with E-state index >= 15 is 4.39 Å². The Kier molecular flexibility index (Phi) is 7.65. The van der Waals surface area contributed by atoms with Gasteiger partial charge in [-0.25, -0.2) is 4.39 Å². The van der Waals surface area contributed by atoms with Gasteiger partial charge >= 0.3 is 0 Å². The summed E-state index contributed by atoms with van der Waals surface area (Å²) in [6, 6.07) is 8.39. The number of piperazine rings is 1. The number of nitrogens with one attached hydrogen (secondary N) is 2. The number of halogens is 1. The number of carbonyl (C=O) groups is 1. The summed E-state index contributed by atoms with van der Waals surface area (Å²) in [5, 5.41) is 17.3. The molecule has 0 radical (unpaired) electrons. The number of phenols is 1. The predicted octanol–water partition coefficient (Wildman–Crippen LogP) is 5.03. The molecule has 0 bridgehead atoms. The Morgan fingerprint density at radius 1 is 1.19 bits per heavy atom. The Hall–Kier alpha value is -3.52. The molecule has 5 rings (SSSR count). The van der Waals surface area contributed by atoms with E-state index in [2.05, 4.69) is 21.6 Å². The minimum atomic E-state index is -0.614. The number of para-hydroxylation sites is 1. The molecule has 2 fully saturated rings. The molecule has 3 aliphatic rings. The quantitative estimate of drug-likeness (QED) is 0.509. The number of carbonyl (C=O) groups excluding carboxylic acids is 1. The molecule has 3 N–H and O–H groups in total. The first kappa shape index (κ1) is 25.1. The highest BCUT2D eigenvalue weighted by Gasteiger charge is 2.24. The first-order valence-corrected chi connectivity index (χ1v) is 13.1. The van der Waals surface area contributed by atoms with Gasteiger partial charge < -0.3 is 30.1 Å². The van der Waals surface area contributed by atoms with Crippen LogP contribution in [0.15, 0.2) is 48.2 Å². The summed E-state index contributed by atoms with van der Waals surface area (Å²) in [7, 11) is 0. The van der Waals surface area contributed by atoms with Crippen molar-refractivity contribution in [2.45, 2.75) is 45.1 Å². The van der Waals surface area contributed by atoms with Crippen LogP contribution in [-0.2, 0) is 9.53 Å². The Labute approximate surface area is 217 Å². The lowest BCUT2D eigenvalue weighted by molar-refractivity contribution is -0.114. The van der Waals surface area contributed by atoms with Crippen molar-refractivity contribution in [3.05, 3.63) is 59.6 Å². The molecule has 2 aromatic rings. The summed E-state index contributed by atoms with van der Waals surface area (Å²) >= 11 is 0. The molecule has 0 unspecified atom stereocenters. The number of hydrogen-bond donors (Lipinski definition) is 3. The van der Waals surface area contributed by atoms with Crippen LogP contribution >= 0.6 is 0 Å². The molecule has 2 aromatic carbocycles. The Balaban J connectivity index is 1.52. The number of benzene rings is 2. The third kappa shape index (κ3) is 5.74. The number of ether oxygens (including phenoxy) is 2. The average molecular weight is 508 g/mol. The van der Waals surface area contributed by atoms with Crippen LogP contribution < -0.4 is 15.4 Å². The van der Waals surface area contributed by atoms with E-state index in [1.165, 1.54) is 13.0 Å². The molecule has 0 atom stereocenters. The second-order valence-corrected chi connectivity index (χ2v) is 9.75. The molecule has 1 saturated heterocycles. The third-order valence-electron chi connectivity index (χ3n) is 7.03. The van der Waals surface area contributed by atoms with E-state index in [0.29, 0.717) is 29.1 Å². The number of hydrogen-bond acceptors (Lipinski definition) is 6. The van der Waals surface area contributed by atoms with Crippen molar-refractivity contribution in [2.24, 2.45) is 0 Å². The predicted molar refractivity (Wildman–Crippen MR) is 142 cm³/mol. The fraction of sp³-hybridized carbons (Fsp3) is 0.414. The van der Waals surface area contributed by atoms with Crippen molar-refractivity contribution in [3.8, 4) is 22.6 Å². The van der Waals surface area contributed by atoms with Gasteiger partial charge in [0.1, 0.15) is 22.9 Å². The van der Waals surface area contributed by atoms with Gasteiger partial charge in [0.15, 0.2) is 5.82 Å². The van der Waals surface area contributed by atoms with E-state index in [4.69, 9.17) is 9.47 Å². The van der Waals surface area contributed by atoms with E-state index in [1.807, 2.05) is 18.2 Å². The number of rotatable bonds is 6. The summed E-state index contributed by atoms with van der Waals surface area (Å²) in [5.41, 5.74) is 2.58. The molecule has 196 valence electrons. The van der Waals surface area contributed by atoms with Gasteiger partial charge in [-0.1, -0.05) is 18.2 Å². The van der Waals surface area contributed by atoms with Crippen molar-refractivity contribution in [1.82, 2.24) is 10.2 Å². The Morgan fingerprint density at radius 3 is 2.70 bits per heavy atom. The summed E-state index contributed by atoms with van der Waals surface area (Å²) in [6.45, 7) is 5.54. The number of phenolic OH excluding ortho intramolecular Hbond substituents is 1. The fourth-order valence-electron chi connectivity index (χ4n) is 4.82. The van der Waals surface area contributed by atoms with Crippen molar-refractivity contribution in [2.75, 3.05) is 38.1 Å². The van der Waals surface area contributed by atoms with Gasteiger partial charge in [-0.15, -0.1) is 0 Å². The van der Waals surface area contributed by atoms with E-state index < -0.39 is 5.82 Å². The maximum absolute atomic E-state index is 15.2. The van der Waals surface area contributed by atoms with Crippen LogP contribution in [0.2, 0.25) is 0 Å². The average Bonchev–Trinajstić information content (AvgIpc) is 2.84. The Morgan fingerprint density at radius 2 is 1.97 bits per heavy atom. The topological polar surface area (TPSA) is 83.1 Å². The van der Waals surface area contributed by atoms with Gasteiger partial charge in [0, 0.05) is 50.4 Å². The van der Waals surface area contributed by atoms with E-state index in [9.17, 15) is 9.90 Å². The fourth-order valence-corrected chi connectivity index (χ4v) is 4.82. The number of aromatic hydroxyl groups is 1. The number of anilines is 1. The van der Waals surface area contributed by atoms with Gasteiger partial charge in [0.2, 0.25) is 5.91 Å². The van der Waals surface area contributed by atoms with E-state index in [1.54, 1.807) is 12.1 Å². The van der Waals surface area contributed by atoms with Gasteiger partial charge in [-0.3, -0.25) is 4.79 Å². The zero-order valence-corrected chi connectivity index (χ0v) is 21.2. The summed E-state index contributed by atoms with van der Waals surface area (Å²) < 4.78 is 27.4. The molecule has 0 spiro atoms. The molecule has 2 aliphatic heterocycles. The lowest BCUT2D eigenvalue weighted by Gasteiger charge is -2.31. The molecular formula is C29H34FN3O4. The second-order valence-electron chi connectivity index (χ2n) is 9.75. The first-order chi connectivity index (χ1) is 18.0. The molecule has 1 amide bonds. The summed E-state index contributed by atoms with van der Waals surface area (Å²) in [5.74, 6) is -0.126. The second kappa shape index (κ2) is 11.3. The van der Waals surface area contributed by atoms with Crippen molar-refractivity contribution in [1.29, 1.82) is 0 Å². The largest absolute Gasteiger partial charge is 0.507 e. The van der Waals surface area contributed by atoms with Crippen LogP contribution in [0.3, 0.4) is 0 Å². The van der Waals surface area contributed by atoms with Gasteiger partial charge in [-0.05, 0) is 55.9 Å². The number of allylic oxidation sites excluding steroid dienone is 2. The van der Waals surface area contributed by atoms with Crippen LogP contribution in [0.4, 0.5) is 10.1 Å². The van der Waals surface area contributed by atoms with Crippen LogP contribution in [0.1, 0.15) is 44.6 Å². The third-order valence-corrected chi connectivity index (χ3v) is 7.03. The standard InChI is InChI=1S/C29H34FN3O4/c1-19(34)32-28-25(30)16-20(17-27(28)37-22-7-4-8-22)23-9-5-10-24(29(23)35)26-18-21(6-2-3-15-36-26)33-13-11-31-12-14-33/h5-6,9-10,16-18,22,31,35H,2-4,7-8,11-15H2,1H3,(H,32,34)/b21-6-,26-18-. The minimum absolute atomic E-state index is 0.00855. The van der Waals surface area contributed by atoms with Gasteiger partial charge in [0.05, 0.1) is 18.3 Å². The molecule has 37 heavy (non-hydrogen) atoms. The number of nitrogens with zero attached hydrogens (tertiary/aromatic N) is 1. The zero-order chi connectivity index (χ0) is 25.8. The first-order valence-electron chi connectivity index (χ1n) is 13.1. The van der Waals surface area contributed by atoms with Crippen LogP contribution in [0.5, 0.6) is 11.5 Å². The monoisotopic (exact) mass is 507 g/mol. The highest BCUT2D eigenvalue weighted by Crippen LogP contribution is 2.42. The smallest absolute Gasteiger partial charge is 0.221 e. The van der Waals surface area contributed by atoms with Crippen molar-refractivity contribution >= 4 is 17.4 Å². The van der Waals surface area contributed by atoms with Crippen LogP contribution in [-0.4, -0.2) is 54.8 Å². The van der Waals surface area contributed by atoms with Crippen molar-refractivity contribution in [3.63, 3.8) is 0 Å². The van der Waals surface area contributed by atoms with Gasteiger partial charge in [-0.2, -0.15) is 0 Å². The molecule has 2 heterocycles. The molecule has 8 heteroatoms. The zero-order valence-electron chi connectivity index (χ0n) is 21.2. The van der Waals surface area contributed by atoms with E-state index in [-0.39, 0.29) is 29.2 Å². The number of amides is 1. The normalized spacial score (nSPS) is 21.3. The molecule has 1 aliphatic carbocycles. The maximum Gasteiger partial charge on any atom is 0.221 e. The molecule has 7 nitrogen and oxygen atoms in total. The maximum atomic E-state index is 15.2. The highest BCUT2D eigenvalue weighted by atomic mass is 19.1. The highest BCUT2D eigenvalue weighted by molar-refractivity contribution is 5.92. The lowest BCUT2D eigenvalue weighted by Crippen LogP contribution is -2.42. The molecule has 0 aromatic heterocycles.